The van der Waals surface area contributed by atoms with Crippen LogP contribution in [0.25, 0.3) is 0 Å². The number of ketones is 1. The van der Waals surface area contributed by atoms with E-state index in [0.717, 1.165) is 12.0 Å². The van der Waals surface area contributed by atoms with Crippen molar-refractivity contribution in [2.75, 3.05) is 18.5 Å². The summed E-state index contributed by atoms with van der Waals surface area (Å²) in [5.74, 6) is 10.7. The second-order valence-corrected chi connectivity index (χ2v) is 8.94. The molecule has 198 valence electrons. The Morgan fingerprint density at radius 1 is 0.872 bits per heavy atom. The molecule has 0 saturated carbocycles. The predicted molar refractivity (Wildman–Crippen MR) is 152 cm³/mol. The van der Waals surface area contributed by atoms with Crippen LogP contribution in [0.15, 0.2) is 78.9 Å². The number of amides is 2. The van der Waals surface area contributed by atoms with Crippen molar-refractivity contribution in [3.05, 3.63) is 101 Å². The lowest BCUT2D eigenvalue weighted by molar-refractivity contribution is -0.123. The maximum absolute atomic E-state index is 12.3. The van der Waals surface area contributed by atoms with E-state index >= 15 is 0 Å². The topological polar surface area (TPSA) is 122 Å². The highest BCUT2D eigenvalue weighted by atomic mass is 16.3. The first-order valence-electron chi connectivity index (χ1n) is 12.6. The molecule has 0 aliphatic heterocycles. The minimum atomic E-state index is -0.934. The third kappa shape index (κ3) is 9.28. The fraction of sp³-hybridized carbons (Fsp3) is 0.219. The minimum Gasteiger partial charge on any atom is -0.388 e. The van der Waals surface area contributed by atoms with Gasteiger partial charge in [0.2, 0.25) is 5.91 Å². The first-order valence-corrected chi connectivity index (χ1v) is 12.6. The quantitative estimate of drug-likeness (QED) is 0.305. The molecule has 0 unspecified atom stereocenters. The fourth-order valence-corrected chi connectivity index (χ4v) is 3.69. The Kier molecular flexibility index (Phi) is 11.0. The lowest BCUT2D eigenvalue weighted by Gasteiger charge is -2.14. The van der Waals surface area contributed by atoms with Gasteiger partial charge in [-0.05, 0) is 78.3 Å². The number of carbonyl (C=O) groups excluding carboxylic acids is 3. The van der Waals surface area contributed by atoms with Crippen LogP contribution in [0.1, 0.15) is 52.7 Å². The van der Waals surface area contributed by atoms with E-state index in [1.165, 1.54) is 5.56 Å². The summed E-state index contributed by atoms with van der Waals surface area (Å²) in [6.07, 6.45) is 1.21. The molecule has 0 saturated heterocycles. The molecule has 3 rings (SSSR count). The number of hydrogen-bond donors (Lipinski definition) is 4. The van der Waals surface area contributed by atoms with Crippen molar-refractivity contribution in [1.29, 1.82) is 0 Å². The molecule has 0 fully saturated rings. The second-order valence-electron chi connectivity index (χ2n) is 8.94. The highest BCUT2D eigenvalue weighted by molar-refractivity contribution is 5.98. The molecule has 2 atom stereocenters. The molecule has 7 heteroatoms. The molecule has 0 heterocycles. The van der Waals surface area contributed by atoms with Gasteiger partial charge >= 0.3 is 0 Å². The summed E-state index contributed by atoms with van der Waals surface area (Å²) < 4.78 is 0. The van der Waals surface area contributed by atoms with Crippen molar-refractivity contribution >= 4 is 23.3 Å². The zero-order valence-corrected chi connectivity index (χ0v) is 21.7. The van der Waals surface area contributed by atoms with Crippen molar-refractivity contribution in [1.82, 2.24) is 5.32 Å². The predicted octanol–water partition coefficient (Wildman–Crippen LogP) is 3.23. The average molecular weight is 522 g/mol. The van der Waals surface area contributed by atoms with Crippen LogP contribution in [-0.4, -0.2) is 41.9 Å². The number of benzene rings is 3. The van der Waals surface area contributed by atoms with E-state index in [1.807, 2.05) is 42.5 Å². The van der Waals surface area contributed by atoms with Gasteiger partial charge in [0.05, 0.1) is 0 Å². The lowest BCUT2D eigenvalue weighted by Crippen LogP contribution is -2.46. The Balaban J connectivity index is 1.48. The van der Waals surface area contributed by atoms with E-state index in [1.54, 1.807) is 24.3 Å². The number of nitrogens with two attached hydrogens (primary N) is 1. The zero-order valence-electron chi connectivity index (χ0n) is 21.7. The van der Waals surface area contributed by atoms with Gasteiger partial charge in [-0.1, -0.05) is 49.1 Å². The van der Waals surface area contributed by atoms with Gasteiger partial charge in [0.15, 0.2) is 5.78 Å². The minimum absolute atomic E-state index is 0.0242. The number of rotatable bonds is 10. The summed E-state index contributed by atoms with van der Waals surface area (Å²) >= 11 is 0. The Hall–Kier alpha value is -4.69. The molecule has 3 aromatic carbocycles. The SMILES string of the molecule is C[C@H](CCC(=O)Nc1ccc(C#CC#Cc2ccc(C(=O)N[C@@H](CN)C(=O)CO)cc2)cc1)c1ccccc1. The van der Waals surface area contributed by atoms with E-state index in [-0.39, 0.29) is 12.5 Å². The summed E-state index contributed by atoms with van der Waals surface area (Å²) in [5, 5.41) is 14.4. The number of anilines is 1. The van der Waals surface area contributed by atoms with Gasteiger partial charge in [0, 0.05) is 35.3 Å². The maximum atomic E-state index is 12.3. The number of Topliss-reactive ketones (excluding diaryl/α,β-unsaturated/α-hetero) is 1. The maximum Gasteiger partial charge on any atom is 0.251 e. The van der Waals surface area contributed by atoms with Crippen LogP contribution in [0, 0.1) is 23.7 Å². The second kappa shape index (κ2) is 14.9. The van der Waals surface area contributed by atoms with Crippen molar-refractivity contribution in [3.8, 4) is 23.7 Å². The standard InChI is InChI=1S/C32H31N3O4/c1-23(26-9-3-2-4-10-26)11-20-31(38)34-28-18-14-25(15-19-28)8-6-5-7-24-12-16-27(17-13-24)32(39)35-29(21-33)30(37)22-36/h2-4,9-10,12-19,23,29,36H,11,20-22,33H2,1H3,(H,34,38)(H,35,39)/t23-,29+/m1/s1. The highest BCUT2D eigenvalue weighted by Crippen LogP contribution is 2.20. The highest BCUT2D eigenvalue weighted by Gasteiger charge is 2.18. The molecule has 5 N–H and O–H groups in total. The molecule has 0 bridgehead atoms. The number of nitrogens with one attached hydrogen (secondary N) is 2. The summed E-state index contributed by atoms with van der Waals surface area (Å²) in [6.45, 7) is 1.34. The Labute approximate surface area is 228 Å². The third-order valence-electron chi connectivity index (χ3n) is 6.05. The van der Waals surface area contributed by atoms with Gasteiger partial charge in [-0.25, -0.2) is 0 Å². The Morgan fingerprint density at radius 2 is 1.46 bits per heavy atom. The molecule has 39 heavy (non-hydrogen) atoms. The molecule has 3 aromatic rings. The molecular formula is C32H31N3O4. The van der Waals surface area contributed by atoms with Crippen molar-refractivity contribution < 1.29 is 19.5 Å². The van der Waals surface area contributed by atoms with Gasteiger partial charge < -0.3 is 21.5 Å². The monoisotopic (exact) mass is 521 g/mol. The summed E-state index contributed by atoms with van der Waals surface area (Å²) in [4.78, 5) is 36.2. The third-order valence-corrected chi connectivity index (χ3v) is 6.05. The van der Waals surface area contributed by atoms with Crippen LogP contribution in [0.3, 0.4) is 0 Å². The van der Waals surface area contributed by atoms with Crippen LogP contribution >= 0.6 is 0 Å². The van der Waals surface area contributed by atoms with E-state index in [0.29, 0.717) is 29.2 Å². The normalized spacial score (nSPS) is 11.6. The van der Waals surface area contributed by atoms with Crippen molar-refractivity contribution in [2.45, 2.75) is 31.7 Å². The first kappa shape index (κ1) is 28.9. The Morgan fingerprint density at radius 3 is 2.03 bits per heavy atom. The van der Waals surface area contributed by atoms with E-state index in [9.17, 15) is 14.4 Å². The molecule has 0 aliphatic carbocycles. The molecule has 0 aromatic heterocycles. The zero-order chi connectivity index (χ0) is 28.0. The average Bonchev–Trinajstić information content (AvgIpc) is 2.97. The Bertz CT molecular complexity index is 1390. The molecule has 0 aliphatic rings. The first-order chi connectivity index (χ1) is 18.9. The number of aliphatic hydroxyl groups is 1. The van der Waals surface area contributed by atoms with Gasteiger partial charge in [-0.3, -0.25) is 14.4 Å². The van der Waals surface area contributed by atoms with E-state index in [2.05, 4.69) is 53.4 Å². The molecular weight excluding hydrogens is 490 g/mol. The molecule has 0 spiro atoms. The van der Waals surface area contributed by atoms with Crippen molar-refractivity contribution in [3.63, 3.8) is 0 Å². The number of carbonyl (C=O) groups is 3. The summed E-state index contributed by atoms with van der Waals surface area (Å²) in [6, 6.07) is 23.0. The number of aliphatic hydroxyl groups excluding tert-OH is 1. The van der Waals surface area contributed by atoms with Gasteiger partial charge in [0.1, 0.15) is 12.6 Å². The van der Waals surface area contributed by atoms with Gasteiger partial charge in [-0.2, -0.15) is 0 Å². The summed E-state index contributed by atoms with van der Waals surface area (Å²) in [5.41, 5.74) is 9.19. The largest absolute Gasteiger partial charge is 0.388 e. The van der Waals surface area contributed by atoms with Gasteiger partial charge in [0.25, 0.3) is 5.91 Å². The molecule has 2 amide bonds. The van der Waals surface area contributed by atoms with Crippen LogP contribution in [0.2, 0.25) is 0 Å². The number of hydrogen-bond acceptors (Lipinski definition) is 5. The van der Waals surface area contributed by atoms with Crippen LogP contribution in [-0.2, 0) is 9.59 Å². The molecule has 7 nitrogen and oxygen atoms in total. The van der Waals surface area contributed by atoms with E-state index < -0.39 is 24.3 Å². The fourth-order valence-electron chi connectivity index (χ4n) is 3.69. The van der Waals surface area contributed by atoms with Crippen LogP contribution in [0.4, 0.5) is 5.69 Å². The van der Waals surface area contributed by atoms with E-state index in [4.69, 9.17) is 10.8 Å². The van der Waals surface area contributed by atoms with Crippen molar-refractivity contribution in [2.24, 2.45) is 5.73 Å². The van der Waals surface area contributed by atoms with Crippen LogP contribution < -0.4 is 16.4 Å². The molecule has 0 radical (unpaired) electrons. The lowest BCUT2D eigenvalue weighted by atomic mass is 9.96. The van der Waals surface area contributed by atoms with Crippen LogP contribution in [0.5, 0.6) is 0 Å². The smallest absolute Gasteiger partial charge is 0.251 e. The van der Waals surface area contributed by atoms with Gasteiger partial charge in [-0.15, -0.1) is 0 Å². The summed E-state index contributed by atoms with van der Waals surface area (Å²) in [7, 11) is 0.